The van der Waals surface area contributed by atoms with Crippen LogP contribution < -0.4 is 0 Å². The first-order valence-electron chi connectivity index (χ1n) is 7.66. The Kier molecular flexibility index (Phi) is 6.37. The van der Waals surface area contributed by atoms with Crippen molar-refractivity contribution in [1.82, 2.24) is 9.88 Å². The second kappa shape index (κ2) is 8.49. The van der Waals surface area contributed by atoms with Crippen LogP contribution in [0, 0.1) is 11.6 Å². The summed E-state index contributed by atoms with van der Waals surface area (Å²) in [6.07, 6.45) is 4.76. The molecule has 2 rings (SSSR count). The Morgan fingerprint density at radius 1 is 1.21 bits per heavy atom. The molecule has 0 saturated carbocycles. The van der Waals surface area contributed by atoms with Gasteiger partial charge in [-0.25, -0.2) is 13.6 Å². The summed E-state index contributed by atoms with van der Waals surface area (Å²) in [5.74, 6) is -2.20. The highest BCUT2D eigenvalue weighted by molar-refractivity contribution is 5.77. The average molecular weight is 334 g/mol. The number of nitrogens with zero attached hydrogens (tertiary/aromatic N) is 2. The van der Waals surface area contributed by atoms with Gasteiger partial charge in [-0.15, -0.1) is 0 Å². The number of esters is 1. The van der Waals surface area contributed by atoms with E-state index in [0.29, 0.717) is 12.8 Å². The molecule has 0 spiro atoms. The van der Waals surface area contributed by atoms with Crippen LogP contribution in [0.5, 0.6) is 0 Å². The summed E-state index contributed by atoms with van der Waals surface area (Å²) in [5.41, 5.74) is 0.748. The maximum atomic E-state index is 13.9. The van der Waals surface area contributed by atoms with Gasteiger partial charge >= 0.3 is 5.97 Å². The van der Waals surface area contributed by atoms with E-state index < -0.39 is 23.6 Å². The Bertz CT molecular complexity index is 658. The van der Waals surface area contributed by atoms with Crippen molar-refractivity contribution in [2.75, 3.05) is 20.7 Å². The van der Waals surface area contributed by atoms with Crippen LogP contribution in [0.25, 0.3) is 0 Å². The minimum absolute atomic E-state index is 0.175. The lowest BCUT2D eigenvalue weighted by molar-refractivity contribution is -0.149. The number of halogens is 2. The summed E-state index contributed by atoms with van der Waals surface area (Å²) < 4.78 is 33.1. The fourth-order valence-electron chi connectivity index (χ4n) is 2.43. The summed E-state index contributed by atoms with van der Waals surface area (Å²) >= 11 is 0. The minimum Gasteiger partial charge on any atom is -0.464 e. The average Bonchev–Trinajstić information content (AvgIpc) is 2.55. The number of carbonyl (C=O) groups excluding carboxylic acids is 1. The molecule has 1 aromatic heterocycles. The lowest BCUT2D eigenvalue weighted by Crippen LogP contribution is -2.31. The standard InChI is InChI=1S/C18H20F2N2O2/c1-22(2)17(16-14(19)8-3-9-15(16)20)18(23)24-11-5-7-13-6-4-10-21-12-13/h3-4,6,8-10,12,17H,5,7,11H2,1-2H3. The van der Waals surface area contributed by atoms with Crippen molar-refractivity contribution < 1.29 is 18.3 Å². The molecule has 0 fully saturated rings. The van der Waals surface area contributed by atoms with E-state index in [1.807, 2.05) is 12.1 Å². The second-order valence-electron chi connectivity index (χ2n) is 5.63. The third kappa shape index (κ3) is 4.58. The van der Waals surface area contributed by atoms with Gasteiger partial charge in [0.1, 0.15) is 17.7 Å². The SMILES string of the molecule is CN(C)C(C(=O)OCCCc1cccnc1)c1c(F)cccc1F. The zero-order chi connectivity index (χ0) is 17.5. The van der Waals surface area contributed by atoms with E-state index in [9.17, 15) is 13.6 Å². The second-order valence-corrected chi connectivity index (χ2v) is 5.63. The van der Waals surface area contributed by atoms with Crippen molar-refractivity contribution >= 4 is 5.97 Å². The smallest absolute Gasteiger partial charge is 0.328 e. The number of benzene rings is 1. The number of hydrogen-bond acceptors (Lipinski definition) is 4. The summed E-state index contributed by atoms with van der Waals surface area (Å²) in [4.78, 5) is 17.7. The third-order valence-corrected chi connectivity index (χ3v) is 3.59. The van der Waals surface area contributed by atoms with E-state index >= 15 is 0 Å². The van der Waals surface area contributed by atoms with Gasteiger partial charge in [0.25, 0.3) is 0 Å². The van der Waals surface area contributed by atoms with Gasteiger partial charge in [0.05, 0.1) is 12.2 Å². The van der Waals surface area contributed by atoms with Crippen molar-refractivity contribution in [3.63, 3.8) is 0 Å². The molecule has 0 N–H and O–H groups in total. The van der Waals surface area contributed by atoms with Crippen LogP contribution in [0.2, 0.25) is 0 Å². The van der Waals surface area contributed by atoms with E-state index in [-0.39, 0.29) is 12.2 Å². The van der Waals surface area contributed by atoms with Crippen LogP contribution in [-0.4, -0.2) is 36.6 Å². The van der Waals surface area contributed by atoms with E-state index in [4.69, 9.17) is 4.74 Å². The van der Waals surface area contributed by atoms with E-state index in [1.54, 1.807) is 26.5 Å². The molecule has 1 atom stereocenters. The molecule has 128 valence electrons. The van der Waals surface area contributed by atoms with Crippen LogP contribution >= 0.6 is 0 Å². The number of rotatable bonds is 7. The molecule has 0 aliphatic carbocycles. The van der Waals surface area contributed by atoms with Gasteiger partial charge in [0.2, 0.25) is 0 Å². The van der Waals surface area contributed by atoms with Gasteiger partial charge in [-0.1, -0.05) is 12.1 Å². The summed E-state index contributed by atoms with van der Waals surface area (Å²) in [6.45, 7) is 0.175. The predicted octanol–water partition coefficient (Wildman–Crippen LogP) is 3.14. The van der Waals surface area contributed by atoms with E-state index in [0.717, 1.165) is 17.7 Å². The van der Waals surface area contributed by atoms with E-state index in [2.05, 4.69) is 4.98 Å². The topological polar surface area (TPSA) is 42.4 Å². The molecular weight excluding hydrogens is 314 g/mol. The van der Waals surface area contributed by atoms with Gasteiger partial charge in [-0.3, -0.25) is 9.88 Å². The van der Waals surface area contributed by atoms with Gasteiger partial charge in [0.15, 0.2) is 0 Å². The number of hydrogen-bond donors (Lipinski definition) is 0. The molecule has 0 aliphatic heterocycles. The molecule has 0 amide bonds. The zero-order valence-corrected chi connectivity index (χ0v) is 13.7. The molecule has 1 aromatic carbocycles. The van der Waals surface area contributed by atoms with Gasteiger partial charge in [-0.2, -0.15) is 0 Å². The first-order chi connectivity index (χ1) is 11.5. The molecule has 0 saturated heterocycles. The highest BCUT2D eigenvalue weighted by Crippen LogP contribution is 2.25. The number of carbonyl (C=O) groups is 1. The third-order valence-electron chi connectivity index (χ3n) is 3.59. The number of pyridine rings is 1. The normalized spacial score (nSPS) is 12.2. The van der Waals surface area contributed by atoms with Crippen LogP contribution in [-0.2, 0) is 16.0 Å². The Morgan fingerprint density at radius 2 is 1.92 bits per heavy atom. The van der Waals surface area contributed by atoms with Crippen LogP contribution in [0.3, 0.4) is 0 Å². The monoisotopic (exact) mass is 334 g/mol. The van der Waals surface area contributed by atoms with Crippen LogP contribution in [0.4, 0.5) is 8.78 Å². The zero-order valence-electron chi connectivity index (χ0n) is 13.7. The van der Waals surface area contributed by atoms with Crippen molar-refractivity contribution in [1.29, 1.82) is 0 Å². The first-order valence-corrected chi connectivity index (χ1v) is 7.66. The largest absolute Gasteiger partial charge is 0.464 e. The van der Waals surface area contributed by atoms with Crippen molar-refractivity contribution in [2.45, 2.75) is 18.9 Å². The molecule has 0 radical (unpaired) electrons. The maximum absolute atomic E-state index is 13.9. The number of aromatic nitrogens is 1. The van der Waals surface area contributed by atoms with Crippen molar-refractivity contribution in [3.05, 3.63) is 65.5 Å². The number of likely N-dealkylation sites (N-methyl/N-ethyl adjacent to an activating group) is 1. The van der Waals surface area contributed by atoms with Gasteiger partial charge in [0, 0.05) is 12.4 Å². The summed E-state index contributed by atoms with van der Waals surface area (Å²) in [6, 6.07) is 6.18. The van der Waals surface area contributed by atoms with Crippen molar-refractivity contribution in [3.8, 4) is 0 Å². The number of ether oxygens (including phenoxy) is 1. The lowest BCUT2D eigenvalue weighted by Gasteiger charge is -2.23. The fraction of sp³-hybridized carbons (Fsp3) is 0.333. The summed E-state index contributed by atoms with van der Waals surface area (Å²) in [5, 5.41) is 0. The molecule has 0 bridgehead atoms. The highest BCUT2D eigenvalue weighted by Gasteiger charge is 2.30. The van der Waals surface area contributed by atoms with Crippen molar-refractivity contribution in [2.24, 2.45) is 0 Å². The predicted molar refractivity (Wildman–Crippen MR) is 86.3 cm³/mol. The maximum Gasteiger partial charge on any atom is 0.328 e. The molecule has 24 heavy (non-hydrogen) atoms. The number of aryl methyl sites for hydroxylation is 1. The molecule has 1 unspecified atom stereocenters. The first kappa shape index (κ1) is 18.0. The summed E-state index contributed by atoms with van der Waals surface area (Å²) in [7, 11) is 3.15. The Labute approximate surface area is 140 Å². The van der Waals surface area contributed by atoms with Gasteiger partial charge in [-0.05, 0) is 50.7 Å². The van der Waals surface area contributed by atoms with Crippen LogP contribution in [0.1, 0.15) is 23.6 Å². The molecule has 1 heterocycles. The minimum atomic E-state index is -1.12. The quantitative estimate of drug-likeness (QED) is 0.576. The van der Waals surface area contributed by atoms with Gasteiger partial charge < -0.3 is 4.74 Å². The molecule has 4 nitrogen and oxygen atoms in total. The Hall–Kier alpha value is -2.34. The molecule has 6 heteroatoms. The molecule has 0 aliphatic rings. The van der Waals surface area contributed by atoms with E-state index in [1.165, 1.54) is 11.0 Å². The lowest BCUT2D eigenvalue weighted by atomic mass is 10.0. The fourth-order valence-corrected chi connectivity index (χ4v) is 2.43. The Balaban J connectivity index is 1.97. The molecule has 2 aromatic rings. The highest BCUT2D eigenvalue weighted by atomic mass is 19.1. The van der Waals surface area contributed by atoms with Crippen LogP contribution in [0.15, 0.2) is 42.7 Å². The Morgan fingerprint density at radius 3 is 2.50 bits per heavy atom. The molecular formula is C18H20F2N2O2.